The minimum absolute atomic E-state index is 0.127. The Hall–Kier alpha value is -2.15. The molecule has 1 N–H and O–H groups in total. The average Bonchev–Trinajstić information content (AvgIpc) is 2.81. The number of alkyl halides is 3. The second-order valence-electron chi connectivity index (χ2n) is 5.31. The molecule has 0 fully saturated rings. The van der Waals surface area contributed by atoms with E-state index in [2.05, 4.69) is 21.2 Å². The van der Waals surface area contributed by atoms with Crippen molar-refractivity contribution < 1.29 is 22.4 Å². The van der Waals surface area contributed by atoms with Crippen LogP contribution in [0.4, 0.5) is 23.2 Å². The van der Waals surface area contributed by atoms with Crippen molar-refractivity contribution in [3.63, 3.8) is 0 Å². The van der Waals surface area contributed by atoms with Crippen molar-refractivity contribution >= 4 is 39.2 Å². The number of nitrogens with one attached hydrogen (secondary N) is 1. The summed E-state index contributed by atoms with van der Waals surface area (Å²) in [5.41, 5.74) is 0.306. The van der Waals surface area contributed by atoms with Gasteiger partial charge >= 0.3 is 6.18 Å². The first-order chi connectivity index (χ1) is 11.2. The van der Waals surface area contributed by atoms with Crippen LogP contribution in [0.25, 0.3) is 11.6 Å². The molecule has 124 valence electrons. The number of carbonyl (C=O) groups is 1. The fraction of sp³-hybridized carbons (Fsp3) is 0.118. The maximum Gasteiger partial charge on any atom is 0.419 e. The van der Waals surface area contributed by atoms with E-state index in [0.717, 1.165) is 22.2 Å². The minimum atomic E-state index is -4.80. The number of hydrogen-bond acceptors (Lipinski definition) is 1. The Morgan fingerprint density at radius 2 is 1.88 bits per heavy atom. The van der Waals surface area contributed by atoms with E-state index in [4.69, 9.17) is 0 Å². The molecule has 0 aliphatic carbocycles. The lowest BCUT2D eigenvalue weighted by atomic mass is 9.98. The lowest BCUT2D eigenvalue weighted by molar-refractivity contribution is -0.140. The van der Waals surface area contributed by atoms with E-state index in [9.17, 15) is 22.4 Å². The number of halogens is 5. The lowest BCUT2D eigenvalue weighted by Crippen LogP contribution is -2.09. The van der Waals surface area contributed by atoms with Gasteiger partial charge in [-0.15, -0.1) is 0 Å². The van der Waals surface area contributed by atoms with Crippen molar-refractivity contribution in [3.05, 3.63) is 62.9 Å². The summed E-state index contributed by atoms with van der Waals surface area (Å²) in [5.74, 6) is -1.88. The van der Waals surface area contributed by atoms with Gasteiger partial charge in [0.25, 0.3) is 5.91 Å². The molecule has 0 radical (unpaired) electrons. The molecule has 0 saturated carbocycles. The molecule has 0 spiro atoms. The zero-order valence-electron chi connectivity index (χ0n) is 12.3. The Bertz CT molecular complexity index is 887. The third kappa shape index (κ3) is 2.73. The molecule has 0 unspecified atom stereocenters. The summed E-state index contributed by atoms with van der Waals surface area (Å²) in [4.78, 5) is 12.2. The molecule has 1 aliphatic rings. The molecule has 0 atom stereocenters. The van der Waals surface area contributed by atoms with Gasteiger partial charge in [0.15, 0.2) is 0 Å². The van der Waals surface area contributed by atoms with Gasteiger partial charge in [-0.2, -0.15) is 13.2 Å². The highest BCUT2D eigenvalue weighted by molar-refractivity contribution is 9.10. The number of rotatable bonds is 1. The zero-order valence-corrected chi connectivity index (χ0v) is 13.8. The van der Waals surface area contributed by atoms with Gasteiger partial charge in [0, 0.05) is 26.9 Å². The molecule has 3 rings (SSSR count). The first-order valence-electron chi connectivity index (χ1n) is 6.88. The van der Waals surface area contributed by atoms with Gasteiger partial charge in [0.2, 0.25) is 0 Å². The zero-order chi connectivity index (χ0) is 17.6. The van der Waals surface area contributed by atoms with E-state index >= 15 is 0 Å². The van der Waals surface area contributed by atoms with Crippen LogP contribution in [0.2, 0.25) is 0 Å². The highest BCUT2D eigenvalue weighted by Gasteiger charge is 2.35. The highest BCUT2D eigenvalue weighted by atomic mass is 79.9. The van der Waals surface area contributed by atoms with Gasteiger partial charge in [-0.3, -0.25) is 4.79 Å². The van der Waals surface area contributed by atoms with Crippen LogP contribution in [0.3, 0.4) is 0 Å². The Morgan fingerprint density at radius 3 is 2.54 bits per heavy atom. The second kappa shape index (κ2) is 5.73. The average molecular weight is 400 g/mol. The highest BCUT2D eigenvalue weighted by Crippen LogP contribution is 2.39. The molecule has 0 aromatic heterocycles. The summed E-state index contributed by atoms with van der Waals surface area (Å²) in [5, 5.41) is 2.63. The number of amides is 1. The van der Waals surface area contributed by atoms with Crippen molar-refractivity contribution in [1.29, 1.82) is 0 Å². The maximum atomic E-state index is 14.2. The van der Waals surface area contributed by atoms with Gasteiger partial charge < -0.3 is 5.32 Å². The summed E-state index contributed by atoms with van der Waals surface area (Å²) in [6, 6.07) is 6.41. The molecule has 1 heterocycles. The summed E-state index contributed by atoms with van der Waals surface area (Å²) < 4.78 is 53.4. The van der Waals surface area contributed by atoms with E-state index in [-0.39, 0.29) is 11.1 Å². The molecule has 2 nitrogen and oxygen atoms in total. The molecule has 2 aromatic rings. The minimum Gasteiger partial charge on any atom is -0.321 e. The third-order valence-corrected chi connectivity index (χ3v) is 4.65. The van der Waals surface area contributed by atoms with Crippen molar-refractivity contribution in [3.8, 4) is 0 Å². The standard InChI is InChI=1S/C17H10BrF4NO/c1-8-12(18)5-6-13-14(8)10(16(24)23-13)7-9-3-2-4-11(15(9)19)17(20,21)22/h2-7H,1H3,(H,23,24). The van der Waals surface area contributed by atoms with Crippen molar-refractivity contribution in [2.75, 3.05) is 5.32 Å². The number of benzene rings is 2. The largest absolute Gasteiger partial charge is 0.419 e. The Morgan fingerprint density at radius 1 is 1.17 bits per heavy atom. The lowest BCUT2D eigenvalue weighted by Gasteiger charge is -2.10. The molecule has 0 saturated heterocycles. The topological polar surface area (TPSA) is 29.1 Å². The van der Waals surface area contributed by atoms with Crippen LogP contribution in [0.1, 0.15) is 22.3 Å². The molecule has 1 aliphatic heterocycles. The van der Waals surface area contributed by atoms with Gasteiger partial charge in [-0.1, -0.05) is 28.1 Å². The second-order valence-corrected chi connectivity index (χ2v) is 6.17. The van der Waals surface area contributed by atoms with Crippen LogP contribution in [-0.2, 0) is 11.0 Å². The Labute approximate surface area is 143 Å². The van der Waals surface area contributed by atoms with Crippen LogP contribution < -0.4 is 5.32 Å². The molecule has 0 bridgehead atoms. The van der Waals surface area contributed by atoms with Crippen molar-refractivity contribution in [2.24, 2.45) is 0 Å². The smallest absolute Gasteiger partial charge is 0.321 e. The Balaban J connectivity index is 2.19. The van der Waals surface area contributed by atoms with Crippen LogP contribution in [0.15, 0.2) is 34.8 Å². The quantitative estimate of drug-likeness (QED) is 0.504. The van der Waals surface area contributed by atoms with E-state index < -0.39 is 23.5 Å². The summed E-state index contributed by atoms with van der Waals surface area (Å²) >= 11 is 3.34. The van der Waals surface area contributed by atoms with E-state index in [0.29, 0.717) is 17.3 Å². The third-order valence-electron chi connectivity index (χ3n) is 3.79. The summed E-state index contributed by atoms with van der Waals surface area (Å²) in [7, 11) is 0. The van der Waals surface area contributed by atoms with Crippen molar-refractivity contribution in [2.45, 2.75) is 13.1 Å². The predicted octanol–water partition coefficient (Wildman–Crippen LogP) is 5.41. The molecule has 7 heteroatoms. The number of fused-ring (bicyclic) bond motifs is 1. The predicted molar refractivity (Wildman–Crippen MR) is 86.8 cm³/mol. The summed E-state index contributed by atoms with van der Waals surface area (Å²) in [6.45, 7) is 1.76. The number of hydrogen-bond donors (Lipinski definition) is 1. The molecular formula is C17H10BrF4NO. The molecule has 1 amide bonds. The van der Waals surface area contributed by atoms with Crippen LogP contribution in [0.5, 0.6) is 0 Å². The fourth-order valence-corrected chi connectivity index (χ4v) is 2.94. The van der Waals surface area contributed by atoms with Crippen LogP contribution in [-0.4, -0.2) is 5.91 Å². The number of anilines is 1. The molecular weight excluding hydrogens is 390 g/mol. The van der Waals surface area contributed by atoms with Crippen LogP contribution >= 0.6 is 15.9 Å². The van der Waals surface area contributed by atoms with Crippen molar-refractivity contribution in [1.82, 2.24) is 0 Å². The van der Waals surface area contributed by atoms with E-state index in [1.165, 1.54) is 6.07 Å². The van der Waals surface area contributed by atoms with E-state index in [1.807, 2.05) is 0 Å². The fourth-order valence-electron chi connectivity index (χ4n) is 2.61. The monoisotopic (exact) mass is 399 g/mol. The molecule has 24 heavy (non-hydrogen) atoms. The Kier molecular flexibility index (Phi) is 3.99. The van der Waals surface area contributed by atoms with E-state index in [1.54, 1.807) is 19.1 Å². The van der Waals surface area contributed by atoms with Gasteiger partial charge in [0.1, 0.15) is 5.82 Å². The number of carbonyl (C=O) groups excluding carboxylic acids is 1. The normalized spacial score (nSPS) is 15.6. The van der Waals surface area contributed by atoms with Gasteiger partial charge in [0.05, 0.1) is 5.56 Å². The first-order valence-corrected chi connectivity index (χ1v) is 7.67. The van der Waals surface area contributed by atoms with Crippen LogP contribution in [0, 0.1) is 12.7 Å². The van der Waals surface area contributed by atoms with Gasteiger partial charge in [-0.25, -0.2) is 4.39 Å². The first kappa shape index (κ1) is 16.7. The SMILES string of the molecule is Cc1c(Br)ccc2c1C(=Cc1cccc(C(F)(F)F)c1F)C(=O)N2. The summed E-state index contributed by atoms with van der Waals surface area (Å²) in [6.07, 6.45) is -3.65. The maximum absolute atomic E-state index is 14.2. The van der Waals surface area contributed by atoms with Gasteiger partial charge in [-0.05, 0) is 36.8 Å². The molecule has 2 aromatic carbocycles.